The summed E-state index contributed by atoms with van der Waals surface area (Å²) >= 11 is 1.58. The lowest BCUT2D eigenvalue weighted by molar-refractivity contribution is 0.199. The van der Waals surface area contributed by atoms with Crippen molar-refractivity contribution in [3.05, 3.63) is 0 Å². The number of nitrogens with one attached hydrogen (secondary N) is 1. The molecule has 0 saturated carbocycles. The second kappa shape index (κ2) is 8.98. The highest BCUT2D eigenvalue weighted by atomic mass is 32.2. The Morgan fingerprint density at radius 3 is 3.18 bits per heavy atom. The van der Waals surface area contributed by atoms with Crippen molar-refractivity contribution >= 4 is 11.8 Å². The molecule has 1 N–H and O–H groups in total. The molecule has 7 heteroatoms. The first-order chi connectivity index (χ1) is 8.38. The Bertz CT molecular complexity index is 349. The third kappa shape index (κ3) is 5.68. The van der Waals surface area contributed by atoms with Crippen LogP contribution in [0.4, 0.5) is 0 Å². The number of hydrogen-bond acceptors (Lipinski definition) is 6. The van der Waals surface area contributed by atoms with Crippen LogP contribution < -0.4 is 5.32 Å². The summed E-state index contributed by atoms with van der Waals surface area (Å²) in [4.78, 5) is 0. The van der Waals surface area contributed by atoms with E-state index in [1.54, 1.807) is 23.6 Å². The van der Waals surface area contributed by atoms with Crippen LogP contribution in [0.3, 0.4) is 0 Å². The molecule has 1 aromatic rings. The van der Waals surface area contributed by atoms with Crippen molar-refractivity contribution in [2.24, 2.45) is 0 Å². The maximum atomic E-state index is 5.19. The van der Waals surface area contributed by atoms with Crippen molar-refractivity contribution in [2.45, 2.75) is 18.1 Å². The van der Waals surface area contributed by atoms with Crippen LogP contribution >= 0.6 is 11.8 Å². The Balaban J connectivity index is 2.23. The molecule has 94 valence electrons. The lowest BCUT2D eigenvalue weighted by Crippen LogP contribution is -2.24. The molecule has 1 heterocycles. The van der Waals surface area contributed by atoms with E-state index in [1.807, 2.05) is 0 Å². The lowest BCUT2D eigenvalue weighted by atomic mass is 10.5. The van der Waals surface area contributed by atoms with Gasteiger partial charge in [0.15, 0.2) is 0 Å². The number of terminal acetylenes is 1. The van der Waals surface area contributed by atoms with Crippen molar-refractivity contribution in [1.82, 2.24) is 25.5 Å². The number of aromatic nitrogens is 4. The Morgan fingerprint density at radius 1 is 1.53 bits per heavy atom. The van der Waals surface area contributed by atoms with Gasteiger partial charge in [0.1, 0.15) is 0 Å². The molecule has 0 unspecified atom stereocenters. The van der Waals surface area contributed by atoms with Gasteiger partial charge in [-0.2, -0.15) is 0 Å². The van der Waals surface area contributed by atoms with E-state index in [2.05, 4.69) is 26.8 Å². The first-order valence-electron chi connectivity index (χ1n) is 5.40. The van der Waals surface area contributed by atoms with Crippen LogP contribution in [0.2, 0.25) is 0 Å². The maximum Gasteiger partial charge on any atom is 0.209 e. The molecule has 17 heavy (non-hydrogen) atoms. The molecule has 0 bridgehead atoms. The molecular formula is C10H17N5OS. The zero-order valence-electron chi connectivity index (χ0n) is 9.93. The molecule has 0 aliphatic heterocycles. The van der Waals surface area contributed by atoms with Crippen LogP contribution in [0, 0.1) is 12.3 Å². The Labute approximate surface area is 105 Å². The zero-order valence-corrected chi connectivity index (χ0v) is 10.7. The second-order valence-electron chi connectivity index (χ2n) is 3.23. The second-order valence-corrected chi connectivity index (χ2v) is 4.29. The number of thioether (sulfide) groups is 1. The Hall–Kier alpha value is -1.10. The van der Waals surface area contributed by atoms with E-state index < -0.39 is 0 Å². The van der Waals surface area contributed by atoms with Gasteiger partial charge in [-0.05, 0) is 10.4 Å². The molecule has 0 fully saturated rings. The number of hydrogen-bond donors (Lipinski definition) is 1. The van der Waals surface area contributed by atoms with E-state index in [4.69, 9.17) is 11.2 Å². The minimum atomic E-state index is 0.708. The van der Waals surface area contributed by atoms with Gasteiger partial charge in [0.2, 0.25) is 5.16 Å². The fourth-order valence-corrected chi connectivity index (χ4v) is 1.90. The summed E-state index contributed by atoms with van der Waals surface area (Å²) in [5, 5.41) is 15.6. The van der Waals surface area contributed by atoms with Gasteiger partial charge in [0.25, 0.3) is 0 Å². The average Bonchev–Trinajstić information content (AvgIpc) is 2.77. The fraction of sp³-hybridized carbons (Fsp3) is 0.700. The quantitative estimate of drug-likeness (QED) is 0.381. The van der Waals surface area contributed by atoms with Gasteiger partial charge in [-0.25, -0.2) is 4.68 Å². The average molecular weight is 255 g/mol. The monoisotopic (exact) mass is 255 g/mol. The van der Waals surface area contributed by atoms with E-state index >= 15 is 0 Å². The summed E-state index contributed by atoms with van der Waals surface area (Å²) in [6.07, 6.45) is 5.91. The van der Waals surface area contributed by atoms with Crippen molar-refractivity contribution in [3.8, 4) is 12.3 Å². The highest BCUT2D eigenvalue weighted by molar-refractivity contribution is 7.99. The molecule has 0 aromatic carbocycles. The van der Waals surface area contributed by atoms with Crippen molar-refractivity contribution in [3.63, 3.8) is 0 Å². The van der Waals surface area contributed by atoms with Crippen molar-refractivity contribution < 1.29 is 4.74 Å². The molecule has 0 saturated heterocycles. The van der Waals surface area contributed by atoms with E-state index in [1.165, 1.54) is 0 Å². The number of tetrazole rings is 1. The predicted octanol–water partition coefficient (Wildman–Crippen LogP) is 0.0245. The van der Waals surface area contributed by atoms with Crippen LogP contribution in [0.5, 0.6) is 0 Å². The first-order valence-corrected chi connectivity index (χ1v) is 6.39. The molecule has 0 amide bonds. The minimum Gasteiger partial charge on any atom is -0.383 e. The van der Waals surface area contributed by atoms with E-state index in [-0.39, 0.29) is 0 Å². The van der Waals surface area contributed by atoms with Crippen LogP contribution in [0.1, 0.15) is 6.42 Å². The third-order valence-electron chi connectivity index (χ3n) is 1.96. The molecule has 6 nitrogen and oxygen atoms in total. The van der Waals surface area contributed by atoms with Gasteiger partial charge in [0, 0.05) is 32.4 Å². The highest BCUT2D eigenvalue weighted by Gasteiger charge is 2.05. The summed E-state index contributed by atoms with van der Waals surface area (Å²) in [5.41, 5.74) is 0. The first kappa shape index (κ1) is 14.0. The van der Waals surface area contributed by atoms with Crippen molar-refractivity contribution in [2.75, 3.05) is 32.6 Å². The molecule has 1 rings (SSSR count). The van der Waals surface area contributed by atoms with Gasteiger partial charge >= 0.3 is 0 Å². The van der Waals surface area contributed by atoms with Crippen LogP contribution in [-0.2, 0) is 11.3 Å². The van der Waals surface area contributed by atoms with Crippen molar-refractivity contribution in [1.29, 1.82) is 0 Å². The normalized spacial score (nSPS) is 10.4. The molecule has 0 aliphatic rings. The summed E-state index contributed by atoms with van der Waals surface area (Å²) in [7, 11) is 1.68. The third-order valence-corrected chi connectivity index (χ3v) is 2.92. The zero-order chi connectivity index (χ0) is 12.3. The Kier molecular flexibility index (Phi) is 7.38. The SMILES string of the molecule is C#CCCSc1nnnn1CCNCCOC. The predicted molar refractivity (Wildman–Crippen MR) is 66.7 cm³/mol. The van der Waals surface area contributed by atoms with Crippen LogP contribution in [0.15, 0.2) is 5.16 Å². The molecular weight excluding hydrogens is 238 g/mol. The minimum absolute atomic E-state index is 0.708. The molecule has 0 radical (unpaired) electrons. The van der Waals surface area contributed by atoms with Gasteiger partial charge < -0.3 is 10.1 Å². The van der Waals surface area contributed by atoms with Gasteiger partial charge in [0.05, 0.1) is 13.2 Å². The standard InChI is InChI=1S/C10H17N5OS/c1-3-4-9-17-10-12-13-14-15(10)7-5-11-6-8-16-2/h1,11H,4-9H2,2H3. The summed E-state index contributed by atoms with van der Waals surface area (Å²) in [6.45, 7) is 3.10. The molecule has 0 spiro atoms. The van der Waals surface area contributed by atoms with E-state index in [0.717, 1.165) is 37.0 Å². The van der Waals surface area contributed by atoms with E-state index in [0.29, 0.717) is 6.61 Å². The van der Waals surface area contributed by atoms with E-state index in [9.17, 15) is 0 Å². The van der Waals surface area contributed by atoms with Gasteiger partial charge in [-0.1, -0.05) is 11.8 Å². The smallest absolute Gasteiger partial charge is 0.209 e. The highest BCUT2D eigenvalue weighted by Crippen LogP contribution is 2.13. The maximum absolute atomic E-state index is 5.19. The molecule has 0 aliphatic carbocycles. The largest absolute Gasteiger partial charge is 0.383 e. The number of methoxy groups -OCH3 is 1. The lowest BCUT2D eigenvalue weighted by Gasteiger charge is -2.05. The number of rotatable bonds is 9. The summed E-state index contributed by atoms with van der Waals surface area (Å²) in [6, 6.07) is 0. The fourth-order valence-electron chi connectivity index (χ4n) is 1.13. The number of ether oxygens (including phenoxy) is 1. The number of nitrogens with zero attached hydrogens (tertiary/aromatic N) is 4. The molecule has 0 atom stereocenters. The van der Waals surface area contributed by atoms with Crippen LogP contribution in [0.25, 0.3) is 0 Å². The van der Waals surface area contributed by atoms with Gasteiger partial charge in [-0.3, -0.25) is 0 Å². The molecule has 1 aromatic heterocycles. The van der Waals surface area contributed by atoms with Gasteiger partial charge in [-0.15, -0.1) is 17.4 Å². The summed E-state index contributed by atoms with van der Waals surface area (Å²) in [5.74, 6) is 3.43. The summed E-state index contributed by atoms with van der Waals surface area (Å²) < 4.78 is 6.71. The topological polar surface area (TPSA) is 64.9 Å². The Morgan fingerprint density at radius 2 is 2.41 bits per heavy atom. The van der Waals surface area contributed by atoms with Crippen LogP contribution in [-0.4, -0.2) is 52.8 Å².